The van der Waals surface area contributed by atoms with Gasteiger partial charge >= 0.3 is 0 Å². The van der Waals surface area contributed by atoms with Gasteiger partial charge in [0.1, 0.15) is 12.3 Å². The first-order valence-electron chi connectivity index (χ1n) is 10.6. The summed E-state index contributed by atoms with van der Waals surface area (Å²) < 4.78 is 11.4. The molecule has 29 heavy (non-hydrogen) atoms. The molecule has 1 unspecified atom stereocenters. The van der Waals surface area contributed by atoms with Crippen molar-refractivity contribution in [1.29, 1.82) is 0 Å². The van der Waals surface area contributed by atoms with Crippen LogP contribution in [0.5, 0.6) is 0 Å². The van der Waals surface area contributed by atoms with Crippen molar-refractivity contribution in [2.75, 3.05) is 39.4 Å². The van der Waals surface area contributed by atoms with Crippen LogP contribution in [0.1, 0.15) is 59.6 Å². The Hall–Kier alpha value is -0.870. The number of aliphatic imine (C=N–C) groups is 1. The summed E-state index contributed by atoms with van der Waals surface area (Å²) in [6.07, 6.45) is 2.96. The number of hydrogen-bond donors (Lipinski definition) is 2. The first-order valence-corrected chi connectivity index (χ1v) is 10.6. The molecule has 1 aliphatic rings. The molecule has 2 rings (SSSR count). The van der Waals surface area contributed by atoms with Crippen LogP contribution in [-0.2, 0) is 16.7 Å². The highest BCUT2D eigenvalue weighted by molar-refractivity contribution is 14.0. The lowest BCUT2D eigenvalue weighted by molar-refractivity contribution is 0.0132. The van der Waals surface area contributed by atoms with E-state index in [-0.39, 0.29) is 29.4 Å². The molecule has 1 aromatic rings. The van der Waals surface area contributed by atoms with E-state index < -0.39 is 0 Å². The van der Waals surface area contributed by atoms with Crippen molar-refractivity contribution in [2.24, 2.45) is 10.9 Å². The first-order chi connectivity index (χ1) is 13.3. The van der Waals surface area contributed by atoms with Crippen molar-refractivity contribution < 1.29 is 9.15 Å². The second-order valence-electron chi connectivity index (χ2n) is 8.88. The number of oxazole rings is 1. The molecule has 1 atom stereocenters. The maximum absolute atomic E-state index is 5.85. The predicted molar refractivity (Wildman–Crippen MR) is 129 cm³/mol. The predicted octanol–water partition coefficient (Wildman–Crippen LogP) is 3.39. The molecule has 0 aromatic carbocycles. The minimum absolute atomic E-state index is 0. The van der Waals surface area contributed by atoms with E-state index >= 15 is 0 Å². The lowest BCUT2D eigenvalue weighted by Crippen LogP contribution is -2.51. The van der Waals surface area contributed by atoms with E-state index in [1.54, 1.807) is 0 Å². The summed E-state index contributed by atoms with van der Waals surface area (Å²) in [6, 6.07) is 0.474. The summed E-state index contributed by atoms with van der Waals surface area (Å²) in [5, 5.41) is 6.85. The van der Waals surface area contributed by atoms with Crippen LogP contribution in [0.4, 0.5) is 0 Å². The number of ether oxygens (including phenoxy) is 1. The number of nitrogens with zero attached hydrogens (tertiary/aromatic N) is 3. The number of halogens is 1. The lowest BCUT2D eigenvalue weighted by Gasteiger charge is -2.35. The first kappa shape index (κ1) is 26.2. The third kappa shape index (κ3) is 9.21. The average molecular weight is 521 g/mol. The number of morpholine rings is 1. The van der Waals surface area contributed by atoms with Crippen molar-refractivity contribution in [2.45, 2.75) is 66.0 Å². The van der Waals surface area contributed by atoms with Gasteiger partial charge in [-0.3, -0.25) is 4.90 Å². The molecule has 2 heterocycles. The van der Waals surface area contributed by atoms with Crippen LogP contribution in [-0.4, -0.2) is 61.3 Å². The summed E-state index contributed by atoms with van der Waals surface area (Å²) in [5.41, 5.74) is -0.0417. The number of aromatic nitrogens is 1. The maximum atomic E-state index is 5.85. The van der Waals surface area contributed by atoms with Gasteiger partial charge in [-0.1, -0.05) is 34.6 Å². The summed E-state index contributed by atoms with van der Waals surface area (Å²) in [7, 11) is 0. The molecule has 0 spiro atoms. The van der Waals surface area contributed by atoms with Gasteiger partial charge in [0.05, 0.1) is 19.4 Å². The largest absolute Gasteiger partial charge is 0.443 e. The third-order valence-corrected chi connectivity index (χ3v) is 4.82. The van der Waals surface area contributed by atoms with Crippen molar-refractivity contribution in [3.63, 3.8) is 0 Å². The number of hydrogen-bond acceptors (Lipinski definition) is 5. The molecule has 0 bridgehead atoms. The zero-order chi connectivity index (χ0) is 20.6. The van der Waals surface area contributed by atoms with Crippen LogP contribution < -0.4 is 10.6 Å². The third-order valence-electron chi connectivity index (χ3n) is 4.82. The molecule has 1 saturated heterocycles. The summed E-state index contributed by atoms with van der Waals surface area (Å²) in [4.78, 5) is 11.6. The zero-order valence-electron chi connectivity index (χ0n) is 19.0. The number of guanidine groups is 1. The highest BCUT2D eigenvalue weighted by Crippen LogP contribution is 2.22. The van der Waals surface area contributed by atoms with E-state index in [9.17, 15) is 0 Å². The lowest BCUT2D eigenvalue weighted by atomic mass is 9.94. The van der Waals surface area contributed by atoms with Crippen molar-refractivity contribution >= 4 is 29.9 Å². The van der Waals surface area contributed by atoms with Gasteiger partial charge in [0.2, 0.25) is 5.89 Å². The minimum Gasteiger partial charge on any atom is -0.443 e. The Kier molecular flexibility index (Phi) is 11.5. The fourth-order valence-electron chi connectivity index (χ4n) is 3.28. The molecule has 0 saturated carbocycles. The van der Waals surface area contributed by atoms with Crippen LogP contribution in [0.2, 0.25) is 0 Å². The monoisotopic (exact) mass is 521 g/mol. The van der Waals surface area contributed by atoms with Crippen LogP contribution >= 0.6 is 24.0 Å². The van der Waals surface area contributed by atoms with Gasteiger partial charge in [0.15, 0.2) is 5.96 Å². The van der Waals surface area contributed by atoms with Crippen LogP contribution in [0.3, 0.4) is 0 Å². The van der Waals surface area contributed by atoms with Crippen molar-refractivity contribution in [3.05, 3.63) is 17.8 Å². The van der Waals surface area contributed by atoms with Gasteiger partial charge in [0.25, 0.3) is 0 Å². The van der Waals surface area contributed by atoms with Crippen molar-refractivity contribution in [3.8, 4) is 0 Å². The zero-order valence-corrected chi connectivity index (χ0v) is 21.3. The van der Waals surface area contributed by atoms with E-state index in [4.69, 9.17) is 9.15 Å². The maximum Gasteiger partial charge on any atom is 0.216 e. The topological polar surface area (TPSA) is 74.9 Å². The van der Waals surface area contributed by atoms with Gasteiger partial charge < -0.3 is 19.8 Å². The molecule has 2 N–H and O–H groups in total. The molecule has 7 nitrogen and oxygen atoms in total. The molecule has 1 aliphatic heterocycles. The van der Waals surface area contributed by atoms with E-state index in [1.165, 1.54) is 0 Å². The van der Waals surface area contributed by atoms with Gasteiger partial charge in [-0.15, -0.1) is 24.0 Å². The fourth-order valence-corrected chi connectivity index (χ4v) is 3.28. The molecule has 0 radical (unpaired) electrons. The van der Waals surface area contributed by atoms with Crippen LogP contribution in [0, 0.1) is 5.92 Å². The normalized spacial score (nSPS) is 17.1. The summed E-state index contributed by atoms with van der Waals surface area (Å²) in [6.45, 7) is 18.7. The van der Waals surface area contributed by atoms with Gasteiger partial charge in [-0.2, -0.15) is 0 Å². The smallest absolute Gasteiger partial charge is 0.216 e. The molecule has 1 aromatic heterocycles. The second kappa shape index (κ2) is 12.7. The van der Waals surface area contributed by atoms with E-state index in [2.05, 4.69) is 67.1 Å². The molecule has 0 aliphatic carbocycles. The Morgan fingerprint density at radius 2 is 1.93 bits per heavy atom. The molecule has 1 fully saturated rings. The Labute approximate surface area is 193 Å². The van der Waals surface area contributed by atoms with Gasteiger partial charge in [-0.05, 0) is 19.3 Å². The Morgan fingerprint density at radius 1 is 1.24 bits per heavy atom. The molecular weight excluding hydrogens is 481 g/mol. The minimum atomic E-state index is -0.0417. The van der Waals surface area contributed by atoms with Gasteiger partial charge in [0, 0.05) is 37.6 Å². The average Bonchev–Trinajstić information content (AvgIpc) is 3.13. The SMILES string of the molecule is CCNC(=NCc1ncc(C(C)(C)C)o1)NCC(CC(C)C)N1CCOCC1.I. The molecule has 0 amide bonds. The van der Waals surface area contributed by atoms with Crippen LogP contribution in [0.25, 0.3) is 0 Å². The van der Waals surface area contributed by atoms with E-state index in [1.807, 2.05) is 6.20 Å². The van der Waals surface area contributed by atoms with Crippen molar-refractivity contribution in [1.82, 2.24) is 20.5 Å². The number of rotatable bonds is 8. The van der Waals surface area contributed by atoms with Crippen LogP contribution in [0.15, 0.2) is 15.6 Å². The fraction of sp³-hybridized carbons (Fsp3) is 0.810. The Morgan fingerprint density at radius 3 is 2.48 bits per heavy atom. The van der Waals surface area contributed by atoms with Gasteiger partial charge in [-0.25, -0.2) is 9.98 Å². The van der Waals surface area contributed by atoms with E-state index in [0.29, 0.717) is 24.4 Å². The Balaban J connectivity index is 0.00000420. The van der Waals surface area contributed by atoms with E-state index in [0.717, 1.165) is 57.5 Å². The highest BCUT2D eigenvalue weighted by atomic mass is 127. The molecular formula is C21H40IN5O2. The number of nitrogens with one attached hydrogen (secondary N) is 2. The Bertz CT molecular complexity index is 606. The highest BCUT2D eigenvalue weighted by Gasteiger charge is 2.22. The summed E-state index contributed by atoms with van der Waals surface area (Å²) in [5.74, 6) is 2.99. The molecule has 8 heteroatoms. The second-order valence-corrected chi connectivity index (χ2v) is 8.88. The molecule has 168 valence electrons. The summed E-state index contributed by atoms with van der Waals surface area (Å²) >= 11 is 0. The standard InChI is InChI=1S/C21H39N5O2.HI/c1-7-22-20(25-15-19-23-14-18(28-19)21(4,5)6)24-13-17(12-16(2)3)26-8-10-27-11-9-26;/h14,16-17H,7-13,15H2,1-6H3,(H2,22,24,25);1H. The quantitative estimate of drug-likeness (QED) is 0.311.